The first-order chi connectivity index (χ1) is 12.2. The number of ether oxygens (including phenoxy) is 1. The van der Waals surface area contributed by atoms with Crippen LogP contribution in [0.5, 0.6) is 17.4 Å². The summed E-state index contributed by atoms with van der Waals surface area (Å²) in [6.07, 6.45) is 1.96. The lowest BCUT2D eigenvalue weighted by Crippen LogP contribution is -1.97. The summed E-state index contributed by atoms with van der Waals surface area (Å²) in [5, 5.41) is 12.3. The van der Waals surface area contributed by atoms with Crippen LogP contribution in [0.1, 0.15) is 5.56 Å². The van der Waals surface area contributed by atoms with Crippen LogP contribution in [0.2, 0.25) is 0 Å². The van der Waals surface area contributed by atoms with Gasteiger partial charge in [0.1, 0.15) is 11.5 Å². The Bertz CT molecular complexity index is 1010. The molecule has 4 heteroatoms. The summed E-state index contributed by atoms with van der Waals surface area (Å²) in [5.41, 5.74) is 1.09. The van der Waals surface area contributed by atoms with E-state index in [0.717, 1.165) is 32.3 Å². The fraction of sp³-hybridized carbons (Fsp3) is 0.0476. The van der Waals surface area contributed by atoms with Crippen molar-refractivity contribution in [2.75, 3.05) is 0 Å². The molecule has 0 radical (unpaired) electrons. The molecule has 0 unspecified atom stereocenters. The number of nitrogens with zero attached hydrogens (tertiary/aromatic N) is 1. The smallest absolute Gasteiger partial charge is 0.200 e. The van der Waals surface area contributed by atoms with Gasteiger partial charge in [-0.2, -0.15) is 0 Å². The van der Waals surface area contributed by atoms with Crippen molar-refractivity contribution in [1.29, 1.82) is 0 Å². The molecule has 1 heterocycles. The first-order valence-corrected chi connectivity index (χ1v) is 8.78. The van der Waals surface area contributed by atoms with Gasteiger partial charge in [0.2, 0.25) is 5.88 Å². The number of halogens is 1. The van der Waals surface area contributed by atoms with Crippen LogP contribution < -0.4 is 4.74 Å². The largest absolute Gasteiger partial charge is 0.494 e. The third kappa shape index (κ3) is 3.26. The van der Waals surface area contributed by atoms with Gasteiger partial charge in [0.25, 0.3) is 0 Å². The summed E-state index contributed by atoms with van der Waals surface area (Å²) < 4.78 is 8.55. The zero-order chi connectivity index (χ0) is 17.2. The van der Waals surface area contributed by atoms with Gasteiger partial charge in [-0.3, -0.25) is 0 Å². The first kappa shape index (κ1) is 15.8. The lowest BCUT2D eigenvalue weighted by Gasteiger charge is -2.08. The molecule has 4 aromatic rings. The molecule has 0 aliphatic carbocycles. The molecule has 3 aromatic carbocycles. The third-order valence-electron chi connectivity index (χ3n) is 4.09. The van der Waals surface area contributed by atoms with E-state index in [4.69, 9.17) is 4.74 Å². The maximum absolute atomic E-state index is 10.5. The SMILES string of the molecule is Oc1c2c(Br)cccc2cn1Cc1ccc(Oc2ccccc2)cc1. The molecule has 0 bridgehead atoms. The highest BCUT2D eigenvalue weighted by molar-refractivity contribution is 9.10. The van der Waals surface area contributed by atoms with Gasteiger partial charge in [-0.05, 0) is 51.8 Å². The quantitative estimate of drug-likeness (QED) is 0.464. The minimum Gasteiger partial charge on any atom is -0.494 e. The normalized spacial score (nSPS) is 10.9. The molecule has 0 fully saturated rings. The molecular weight excluding hydrogens is 378 g/mol. The number of aromatic nitrogens is 1. The van der Waals surface area contributed by atoms with Crippen molar-refractivity contribution in [3.8, 4) is 17.4 Å². The van der Waals surface area contributed by atoms with Crippen molar-refractivity contribution in [2.24, 2.45) is 0 Å². The highest BCUT2D eigenvalue weighted by atomic mass is 79.9. The van der Waals surface area contributed by atoms with Crippen LogP contribution in [-0.4, -0.2) is 9.67 Å². The standard InChI is InChI=1S/C21H16BrNO2/c22-19-8-4-5-16-14-23(21(24)20(16)19)13-15-9-11-18(12-10-15)25-17-6-2-1-3-7-17/h1-12,14,24H,13H2. The fourth-order valence-electron chi connectivity index (χ4n) is 2.86. The highest BCUT2D eigenvalue weighted by Gasteiger charge is 2.11. The van der Waals surface area contributed by atoms with E-state index in [2.05, 4.69) is 15.9 Å². The highest BCUT2D eigenvalue weighted by Crippen LogP contribution is 2.34. The predicted molar refractivity (Wildman–Crippen MR) is 103 cm³/mol. The van der Waals surface area contributed by atoms with Gasteiger partial charge in [0.15, 0.2) is 0 Å². The minimum absolute atomic E-state index is 0.270. The molecule has 4 rings (SSSR count). The van der Waals surface area contributed by atoms with Crippen molar-refractivity contribution in [3.63, 3.8) is 0 Å². The topological polar surface area (TPSA) is 34.4 Å². The van der Waals surface area contributed by atoms with E-state index in [0.29, 0.717) is 6.54 Å². The van der Waals surface area contributed by atoms with Crippen molar-refractivity contribution in [2.45, 2.75) is 6.54 Å². The molecule has 25 heavy (non-hydrogen) atoms. The van der Waals surface area contributed by atoms with Crippen LogP contribution in [-0.2, 0) is 6.54 Å². The second kappa shape index (κ2) is 6.65. The Balaban J connectivity index is 1.55. The van der Waals surface area contributed by atoms with Crippen molar-refractivity contribution < 1.29 is 9.84 Å². The lowest BCUT2D eigenvalue weighted by atomic mass is 10.2. The number of rotatable bonds is 4. The first-order valence-electron chi connectivity index (χ1n) is 7.99. The molecule has 0 amide bonds. The average Bonchev–Trinajstić information content (AvgIpc) is 2.95. The molecular formula is C21H16BrNO2. The van der Waals surface area contributed by atoms with Crippen molar-refractivity contribution >= 4 is 26.7 Å². The molecule has 124 valence electrons. The van der Waals surface area contributed by atoms with Gasteiger partial charge in [-0.1, -0.05) is 42.5 Å². The zero-order valence-corrected chi connectivity index (χ0v) is 15.0. The van der Waals surface area contributed by atoms with Gasteiger partial charge >= 0.3 is 0 Å². The summed E-state index contributed by atoms with van der Waals surface area (Å²) in [6.45, 7) is 0.596. The van der Waals surface area contributed by atoms with Gasteiger partial charge < -0.3 is 14.4 Å². The zero-order valence-electron chi connectivity index (χ0n) is 13.4. The van der Waals surface area contributed by atoms with E-state index < -0.39 is 0 Å². The monoisotopic (exact) mass is 393 g/mol. The summed E-state index contributed by atoms with van der Waals surface area (Å²) >= 11 is 3.50. The summed E-state index contributed by atoms with van der Waals surface area (Å²) in [7, 11) is 0. The van der Waals surface area contributed by atoms with E-state index in [1.165, 1.54) is 0 Å². The van der Waals surface area contributed by atoms with Gasteiger partial charge in [-0.15, -0.1) is 0 Å². The Kier molecular flexibility index (Phi) is 4.20. The number of hydrogen-bond acceptors (Lipinski definition) is 2. The second-order valence-electron chi connectivity index (χ2n) is 5.84. The summed E-state index contributed by atoms with van der Waals surface area (Å²) in [6, 6.07) is 23.5. The molecule has 1 aromatic heterocycles. The summed E-state index contributed by atoms with van der Waals surface area (Å²) in [4.78, 5) is 0. The summed E-state index contributed by atoms with van der Waals surface area (Å²) in [5.74, 6) is 1.88. The van der Waals surface area contributed by atoms with E-state index in [-0.39, 0.29) is 5.88 Å². The van der Waals surface area contributed by atoms with Crippen LogP contribution in [0.15, 0.2) is 83.5 Å². The van der Waals surface area contributed by atoms with Crippen molar-refractivity contribution in [3.05, 3.63) is 89.0 Å². The van der Waals surface area contributed by atoms with Crippen LogP contribution in [0.4, 0.5) is 0 Å². The number of benzene rings is 3. The molecule has 0 spiro atoms. The Morgan fingerprint density at radius 2 is 1.56 bits per heavy atom. The van der Waals surface area contributed by atoms with E-state index >= 15 is 0 Å². The second-order valence-corrected chi connectivity index (χ2v) is 6.70. The van der Waals surface area contributed by atoms with Crippen LogP contribution >= 0.6 is 15.9 Å². The minimum atomic E-state index is 0.270. The number of hydrogen-bond donors (Lipinski definition) is 1. The van der Waals surface area contributed by atoms with Crippen molar-refractivity contribution in [1.82, 2.24) is 4.57 Å². The van der Waals surface area contributed by atoms with Crippen LogP contribution in [0, 0.1) is 0 Å². The average molecular weight is 394 g/mol. The maximum atomic E-state index is 10.5. The van der Waals surface area contributed by atoms with Crippen LogP contribution in [0.25, 0.3) is 10.8 Å². The fourth-order valence-corrected chi connectivity index (χ4v) is 3.42. The molecule has 3 nitrogen and oxygen atoms in total. The van der Waals surface area contributed by atoms with E-state index in [9.17, 15) is 5.11 Å². The lowest BCUT2D eigenvalue weighted by molar-refractivity contribution is 0.430. The maximum Gasteiger partial charge on any atom is 0.200 e. The van der Waals surface area contributed by atoms with Gasteiger partial charge in [0, 0.05) is 16.1 Å². The molecule has 1 N–H and O–H groups in total. The van der Waals surface area contributed by atoms with Gasteiger partial charge in [-0.25, -0.2) is 0 Å². The molecule has 0 atom stereocenters. The van der Waals surface area contributed by atoms with E-state index in [1.807, 2.05) is 83.6 Å². The Morgan fingerprint density at radius 3 is 2.28 bits per heavy atom. The predicted octanol–water partition coefficient (Wildman–Crippen LogP) is 5.95. The van der Waals surface area contributed by atoms with Crippen LogP contribution in [0.3, 0.4) is 0 Å². The Labute approximate surface area is 154 Å². The number of aromatic hydroxyl groups is 1. The molecule has 0 aliphatic heterocycles. The van der Waals surface area contributed by atoms with Gasteiger partial charge in [0.05, 0.1) is 11.9 Å². The molecule has 0 saturated carbocycles. The number of para-hydroxylation sites is 1. The number of fused-ring (bicyclic) bond motifs is 1. The third-order valence-corrected chi connectivity index (χ3v) is 4.75. The molecule has 0 saturated heterocycles. The Hall–Kier alpha value is -2.72. The molecule has 0 aliphatic rings. The Morgan fingerprint density at radius 1 is 0.840 bits per heavy atom. The van der Waals surface area contributed by atoms with E-state index in [1.54, 1.807) is 0 Å².